The number of amidine groups is 1. The molecule has 0 bridgehead atoms. The van der Waals surface area contributed by atoms with Gasteiger partial charge in [-0.3, -0.25) is 21.2 Å². The number of aliphatic imine (C=N–C) groups is 1. The molecule has 0 saturated heterocycles. The zero-order chi connectivity index (χ0) is 10.8. The van der Waals surface area contributed by atoms with E-state index in [9.17, 15) is 5.21 Å². The zero-order valence-corrected chi connectivity index (χ0v) is 8.41. The van der Waals surface area contributed by atoms with Crippen LogP contribution in [-0.4, -0.2) is 40.6 Å². The summed E-state index contributed by atoms with van der Waals surface area (Å²) in [6.07, 6.45) is 6.21. The quantitative estimate of drug-likeness (QED) is 0.435. The maximum Gasteiger partial charge on any atom is 0.248 e. The van der Waals surface area contributed by atoms with E-state index >= 15 is 0 Å². The Hall–Kier alpha value is -1.56. The predicted octanol–water partition coefficient (Wildman–Crippen LogP) is -0.841. The van der Waals surface area contributed by atoms with Crippen LogP contribution in [0.5, 0.6) is 0 Å². The third-order valence-corrected chi connectivity index (χ3v) is 2.73. The van der Waals surface area contributed by atoms with Crippen molar-refractivity contribution >= 4 is 12.1 Å². The highest BCUT2D eigenvalue weighted by molar-refractivity contribution is 5.76. The minimum atomic E-state index is -0.539. The molecular weight excluding hydrogens is 194 g/mol. The summed E-state index contributed by atoms with van der Waals surface area (Å²) >= 11 is 0. The maximum atomic E-state index is 11.3. The molecule has 0 saturated carbocycles. The molecule has 2 rings (SSSR count). The highest BCUT2D eigenvalue weighted by Crippen LogP contribution is 2.17. The van der Waals surface area contributed by atoms with Crippen LogP contribution in [0.2, 0.25) is 0 Å². The SMILES string of the molecule is NC1=[N+]([O-])C(N)CC(N2C=CC=NC2)C1. The standard InChI is InChI=1S/C9H15N5O/c10-8-4-7(5-9(11)14(8)15)13-3-1-2-12-6-13/h1-3,7-8H,4-6,10-11H2. The molecule has 0 aromatic carbocycles. The van der Waals surface area contributed by atoms with Crippen molar-refractivity contribution in [2.75, 3.05) is 6.67 Å². The van der Waals surface area contributed by atoms with Crippen molar-refractivity contribution in [3.8, 4) is 0 Å². The van der Waals surface area contributed by atoms with E-state index in [-0.39, 0.29) is 6.04 Å². The van der Waals surface area contributed by atoms with E-state index < -0.39 is 6.17 Å². The molecule has 6 nitrogen and oxygen atoms in total. The van der Waals surface area contributed by atoms with E-state index in [2.05, 4.69) is 9.89 Å². The van der Waals surface area contributed by atoms with E-state index in [1.165, 1.54) is 0 Å². The van der Waals surface area contributed by atoms with Crippen LogP contribution < -0.4 is 11.5 Å². The van der Waals surface area contributed by atoms with Gasteiger partial charge < -0.3 is 10.1 Å². The molecule has 2 aliphatic rings. The van der Waals surface area contributed by atoms with Gasteiger partial charge in [-0.15, -0.1) is 0 Å². The monoisotopic (exact) mass is 209 g/mol. The van der Waals surface area contributed by atoms with Crippen LogP contribution >= 0.6 is 0 Å². The lowest BCUT2D eigenvalue weighted by molar-refractivity contribution is -0.509. The minimum absolute atomic E-state index is 0.180. The normalized spacial score (nSPS) is 31.1. The minimum Gasteiger partial charge on any atom is -0.714 e. The lowest BCUT2D eigenvalue weighted by atomic mass is 10.0. The summed E-state index contributed by atoms with van der Waals surface area (Å²) in [6.45, 7) is 0.611. The van der Waals surface area contributed by atoms with Gasteiger partial charge in [-0.1, -0.05) is 0 Å². The number of hydrogen-bond acceptors (Lipinski definition) is 5. The molecule has 4 N–H and O–H groups in total. The predicted molar refractivity (Wildman–Crippen MR) is 58.2 cm³/mol. The summed E-state index contributed by atoms with van der Waals surface area (Å²) in [4.78, 5) is 6.19. The molecule has 2 unspecified atom stereocenters. The Morgan fingerprint density at radius 3 is 3.00 bits per heavy atom. The van der Waals surface area contributed by atoms with Crippen LogP contribution in [0.4, 0.5) is 0 Å². The van der Waals surface area contributed by atoms with E-state index in [0.717, 1.165) is 0 Å². The van der Waals surface area contributed by atoms with Crippen LogP contribution in [0, 0.1) is 5.21 Å². The number of hydrogen-bond donors (Lipinski definition) is 2. The lowest BCUT2D eigenvalue weighted by Crippen LogP contribution is -2.51. The average Bonchev–Trinajstić information content (AvgIpc) is 2.26. The Balaban J connectivity index is 2.08. The molecule has 0 aromatic rings. The zero-order valence-electron chi connectivity index (χ0n) is 8.41. The maximum absolute atomic E-state index is 11.3. The molecule has 2 aliphatic heterocycles. The van der Waals surface area contributed by atoms with Crippen LogP contribution in [0.3, 0.4) is 0 Å². The summed E-state index contributed by atoms with van der Waals surface area (Å²) in [5, 5.41) is 11.3. The van der Waals surface area contributed by atoms with E-state index in [1.807, 2.05) is 12.3 Å². The lowest BCUT2D eigenvalue weighted by Gasteiger charge is -2.35. The molecule has 15 heavy (non-hydrogen) atoms. The van der Waals surface area contributed by atoms with Gasteiger partial charge in [-0.05, 0) is 6.08 Å². The van der Waals surface area contributed by atoms with Gasteiger partial charge in [0.1, 0.15) is 12.8 Å². The summed E-state index contributed by atoms with van der Waals surface area (Å²) in [7, 11) is 0. The van der Waals surface area contributed by atoms with E-state index in [0.29, 0.717) is 30.1 Å². The van der Waals surface area contributed by atoms with Gasteiger partial charge >= 0.3 is 0 Å². The first-order valence-electron chi connectivity index (χ1n) is 4.94. The highest BCUT2D eigenvalue weighted by atomic mass is 16.5. The molecule has 2 atom stereocenters. The summed E-state index contributed by atoms with van der Waals surface area (Å²) in [5.41, 5.74) is 11.3. The second-order valence-electron chi connectivity index (χ2n) is 3.81. The molecule has 6 heteroatoms. The summed E-state index contributed by atoms with van der Waals surface area (Å²) in [5.74, 6) is 0.307. The van der Waals surface area contributed by atoms with Crippen molar-refractivity contribution in [3.05, 3.63) is 17.5 Å². The molecule has 0 amide bonds. The first-order chi connectivity index (χ1) is 7.18. The highest BCUT2D eigenvalue weighted by Gasteiger charge is 2.29. The van der Waals surface area contributed by atoms with Gasteiger partial charge in [0.2, 0.25) is 5.84 Å². The van der Waals surface area contributed by atoms with Gasteiger partial charge in [-0.25, -0.2) is 0 Å². The molecule has 0 spiro atoms. The second-order valence-corrected chi connectivity index (χ2v) is 3.81. The fourth-order valence-electron chi connectivity index (χ4n) is 1.89. The molecule has 0 radical (unpaired) electrons. The van der Waals surface area contributed by atoms with Gasteiger partial charge in [0.25, 0.3) is 0 Å². The fraction of sp³-hybridized carbons (Fsp3) is 0.556. The number of nitrogens with zero attached hydrogens (tertiary/aromatic N) is 3. The van der Waals surface area contributed by atoms with Gasteiger partial charge in [0.05, 0.1) is 6.42 Å². The number of rotatable bonds is 1. The first kappa shape index (κ1) is 9.97. The van der Waals surface area contributed by atoms with Crippen molar-refractivity contribution in [3.63, 3.8) is 0 Å². The first-order valence-corrected chi connectivity index (χ1v) is 4.94. The number of nitrogens with two attached hydrogens (primary N) is 2. The van der Waals surface area contributed by atoms with Crippen molar-refractivity contribution in [2.45, 2.75) is 25.0 Å². The topological polar surface area (TPSA) is 93.7 Å². The van der Waals surface area contributed by atoms with Crippen LogP contribution in [0.1, 0.15) is 12.8 Å². The molecule has 0 fully saturated rings. The van der Waals surface area contributed by atoms with Gasteiger partial charge in [0, 0.05) is 24.9 Å². The molecule has 82 valence electrons. The second kappa shape index (κ2) is 3.90. The van der Waals surface area contributed by atoms with Crippen molar-refractivity contribution in [1.29, 1.82) is 0 Å². The van der Waals surface area contributed by atoms with E-state index in [1.54, 1.807) is 6.21 Å². The Kier molecular flexibility index (Phi) is 2.59. The van der Waals surface area contributed by atoms with Crippen LogP contribution in [0.15, 0.2) is 17.3 Å². The van der Waals surface area contributed by atoms with Gasteiger partial charge in [0.15, 0.2) is 0 Å². The Morgan fingerprint density at radius 1 is 1.60 bits per heavy atom. The Morgan fingerprint density at radius 2 is 2.40 bits per heavy atom. The van der Waals surface area contributed by atoms with E-state index in [4.69, 9.17) is 11.5 Å². The molecular formula is C9H15N5O. The number of allylic oxidation sites excluding steroid dienone is 1. The third-order valence-electron chi connectivity index (χ3n) is 2.73. The fourth-order valence-corrected chi connectivity index (χ4v) is 1.89. The largest absolute Gasteiger partial charge is 0.714 e. The molecule has 0 aliphatic carbocycles. The Bertz CT molecular complexity index is 335. The van der Waals surface area contributed by atoms with Crippen LogP contribution in [0.25, 0.3) is 0 Å². The van der Waals surface area contributed by atoms with Crippen molar-refractivity contribution < 1.29 is 4.74 Å². The molecule has 0 aromatic heterocycles. The summed E-state index contributed by atoms with van der Waals surface area (Å²) < 4.78 is 0.702. The van der Waals surface area contributed by atoms with Crippen molar-refractivity contribution in [2.24, 2.45) is 16.5 Å². The third kappa shape index (κ3) is 1.94. The Labute approximate surface area is 88.1 Å². The van der Waals surface area contributed by atoms with Crippen LogP contribution in [-0.2, 0) is 0 Å². The average molecular weight is 209 g/mol. The van der Waals surface area contributed by atoms with Gasteiger partial charge in [-0.2, -0.15) is 0 Å². The number of hydroxylamine groups is 1. The molecule has 2 heterocycles. The van der Waals surface area contributed by atoms with Crippen molar-refractivity contribution in [1.82, 2.24) is 4.90 Å². The smallest absolute Gasteiger partial charge is 0.248 e. The summed E-state index contributed by atoms with van der Waals surface area (Å²) in [6, 6.07) is 0.180.